The van der Waals surface area contributed by atoms with Crippen LogP contribution in [0.2, 0.25) is 0 Å². The zero-order valence-electron chi connectivity index (χ0n) is 19.9. The Bertz CT molecular complexity index is 954. The van der Waals surface area contributed by atoms with Gasteiger partial charge in [-0.05, 0) is 19.3 Å². The lowest BCUT2D eigenvalue weighted by Gasteiger charge is -2.24. The van der Waals surface area contributed by atoms with Crippen LogP contribution in [0.25, 0.3) is 0 Å². The number of thiol groups is 1. The largest absolute Gasteiger partial charge is 0.481 e. The van der Waals surface area contributed by atoms with E-state index in [2.05, 4.69) is 43.5 Å². The minimum absolute atomic E-state index is 0.0968. The second kappa shape index (κ2) is 16.0. The number of imidazole rings is 1. The molecule has 4 unspecified atom stereocenters. The Balaban J connectivity index is 2.97. The molecule has 0 aliphatic rings. The molecule has 206 valence electrons. The summed E-state index contributed by atoms with van der Waals surface area (Å²) in [7, 11) is 0. The molecule has 0 spiro atoms. The maximum absolute atomic E-state index is 13.0. The second-order valence-electron chi connectivity index (χ2n) is 7.97. The van der Waals surface area contributed by atoms with E-state index in [9.17, 15) is 29.1 Å². The highest BCUT2D eigenvalue weighted by molar-refractivity contribution is 7.80. The fraction of sp³-hybridized carbons (Fsp3) is 0.550. The van der Waals surface area contributed by atoms with Gasteiger partial charge in [-0.2, -0.15) is 12.6 Å². The van der Waals surface area contributed by atoms with Crippen LogP contribution in [0.1, 0.15) is 31.4 Å². The number of aromatic nitrogens is 2. The van der Waals surface area contributed by atoms with Crippen molar-refractivity contribution in [2.45, 2.75) is 56.3 Å². The van der Waals surface area contributed by atoms with Crippen molar-refractivity contribution >= 4 is 48.2 Å². The van der Waals surface area contributed by atoms with Crippen LogP contribution in [0.3, 0.4) is 0 Å². The summed E-state index contributed by atoms with van der Waals surface area (Å²) in [5, 5.41) is 25.4. The highest BCUT2D eigenvalue weighted by Crippen LogP contribution is 2.05. The third-order valence-corrected chi connectivity index (χ3v) is 5.36. The number of guanidine groups is 1. The van der Waals surface area contributed by atoms with Crippen molar-refractivity contribution in [3.05, 3.63) is 18.2 Å². The molecule has 16 nitrogen and oxygen atoms in total. The first-order chi connectivity index (χ1) is 17.4. The van der Waals surface area contributed by atoms with E-state index in [0.717, 1.165) is 0 Å². The molecule has 4 atom stereocenters. The first-order valence-corrected chi connectivity index (χ1v) is 11.8. The number of nitrogens with two attached hydrogens (primary N) is 3. The molecule has 1 heterocycles. The van der Waals surface area contributed by atoms with Crippen molar-refractivity contribution < 1.29 is 34.2 Å². The van der Waals surface area contributed by atoms with Crippen LogP contribution in [0.4, 0.5) is 0 Å². The number of nitrogens with zero attached hydrogens (tertiary/aromatic N) is 2. The number of hydrogen-bond acceptors (Lipinski definition) is 9. The quantitative estimate of drug-likeness (QED) is 0.0401. The number of H-pyrrole nitrogens is 1. The topological polar surface area (TPSA) is 281 Å². The normalized spacial score (nSPS) is 13.9. The van der Waals surface area contributed by atoms with Crippen LogP contribution in [0.5, 0.6) is 0 Å². The number of rotatable bonds is 17. The Morgan fingerprint density at radius 3 is 2.16 bits per heavy atom. The van der Waals surface area contributed by atoms with Crippen LogP contribution in [0.15, 0.2) is 17.5 Å². The van der Waals surface area contributed by atoms with Crippen molar-refractivity contribution in [1.29, 1.82) is 0 Å². The third-order valence-electron chi connectivity index (χ3n) is 4.99. The average molecular weight is 544 g/mol. The minimum Gasteiger partial charge on any atom is -0.481 e. The van der Waals surface area contributed by atoms with E-state index >= 15 is 0 Å². The van der Waals surface area contributed by atoms with Gasteiger partial charge in [0, 0.05) is 37.0 Å². The van der Waals surface area contributed by atoms with Gasteiger partial charge in [-0.25, -0.2) is 9.78 Å². The Morgan fingerprint density at radius 1 is 1.00 bits per heavy atom. The van der Waals surface area contributed by atoms with Crippen LogP contribution in [-0.2, 0) is 30.4 Å². The van der Waals surface area contributed by atoms with Crippen LogP contribution in [-0.4, -0.2) is 92.3 Å². The molecule has 12 N–H and O–H groups in total. The molecule has 0 aliphatic carbocycles. The SMILES string of the molecule is NC(N)=NCCCC(N)C(=O)NC(CCC(=O)O)C(=O)NC(Cc1cnc[nH]1)C(=O)NC(CS)C(=O)O. The molecule has 0 radical (unpaired) electrons. The summed E-state index contributed by atoms with van der Waals surface area (Å²) in [5.41, 5.74) is 16.8. The smallest absolute Gasteiger partial charge is 0.327 e. The maximum Gasteiger partial charge on any atom is 0.327 e. The van der Waals surface area contributed by atoms with Crippen molar-refractivity contribution in [1.82, 2.24) is 25.9 Å². The summed E-state index contributed by atoms with van der Waals surface area (Å²) in [6.45, 7) is 0.236. The van der Waals surface area contributed by atoms with Gasteiger partial charge in [0.15, 0.2) is 5.96 Å². The van der Waals surface area contributed by atoms with Crippen molar-refractivity contribution in [2.75, 3.05) is 12.3 Å². The Morgan fingerprint density at radius 2 is 1.62 bits per heavy atom. The van der Waals surface area contributed by atoms with E-state index < -0.39 is 60.2 Å². The fourth-order valence-corrected chi connectivity index (χ4v) is 3.27. The number of carbonyl (C=O) groups is 5. The number of carbonyl (C=O) groups excluding carboxylic acids is 3. The maximum atomic E-state index is 13.0. The number of nitrogens with one attached hydrogen (secondary N) is 4. The molecular formula is C20H33N9O7S. The van der Waals surface area contributed by atoms with Crippen molar-refractivity contribution in [3.8, 4) is 0 Å². The van der Waals surface area contributed by atoms with E-state index in [1.807, 2.05) is 0 Å². The Hall–Kier alpha value is -3.86. The van der Waals surface area contributed by atoms with Crippen LogP contribution in [0, 0.1) is 0 Å². The molecule has 1 aromatic heterocycles. The molecule has 0 fully saturated rings. The number of amides is 3. The summed E-state index contributed by atoms with van der Waals surface area (Å²) in [6.07, 6.45) is 2.47. The molecule has 37 heavy (non-hydrogen) atoms. The van der Waals surface area contributed by atoms with Gasteiger partial charge in [0.1, 0.15) is 18.1 Å². The monoisotopic (exact) mass is 543 g/mol. The number of aromatic amines is 1. The van der Waals surface area contributed by atoms with Gasteiger partial charge in [-0.1, -0.05) is 0 Å². The standard InChI is InChI=1S/C20H33N9O7S/c21-11(2-1-5-25-20(22)23)16(32)27-12(3-4-15(30)31)17(33)28-13(6-10-7-24-9-26-10)18(34)29-14(8-37)19(35)36/h7,9,11-14,37H,1-6,8,21H2,(H,24,26)(H,27,32)(H,28,33)(H,29,34)(H,30,31)(H,35,36)(H4,22,23,25). The molecule has 1 aromatic rings. The predicted octanol–water partition coefficient (Wildman–Crippen LogP) is -3.33. The van der Waals surface area contributed by atoms with Crippen molar-refractivity contribution in [3.63, 3.8) is 0 Å². The number of carboxylic acids is 2. The van der Waals surface area contributed by atoms with Gasteiger partial charge in [-0.15, -0.1) is 0 Å². The molecule has 17 heteroatoms. The van der Waals surface area contributed by atoms with E-state index in [0.29, 0.717) is 12.1 Å². The molecule has 3 amide bonds. The van der Waals surface area contributed by atoms with Crippen LogP contribution >= 0.6 is 12.6 Å². The number of aliphatic imine (C=N–C) groups is 1. The number of hydrogen-bond donors (Lipinski definition) is 10. The van der Waals surface area contributed by atoms with Gasteiger partial charge in [0.05, 0.1) is 12.4 Å². The zero-order chi connectivity index (χ0) is 28.0. The number of carboxylic acid groups (broad SMARTS) is 2. The van der Waals surface area contributed by atoms with Gasteiger partial charge in [-0.3, -0.25) is 24.2 Å². The van der Waals surface area contributed by atoms with Gasteiger partial charge in [0.2, 0.25) is 17.7 Å². The lowest BCUT2D eigenvalue weighted by atomic mass is 10.1. The van der Waals surface area contributed by atoms with Gasteiger partial charge in [0.25, 0.3) is 0 Å². The molecule has 0 aliphatic heterocycles. The van der Waals surface area contributed by atoms with E-state index in [1.54, 1.807) is 0 Å². The van der Waals surface area contributed by atoms with E-state index in [4.69, 9.17) is 22.3 Å². The summed E-state index contributed by atoms with van der Waals surface area (Å²) >= 11 is 3.90. The zero-order valence-corrected chi connectivity index (χ0v) is 20.8. The average Bonchev–Trinajstić information content (AvgIpc) is 3.34. The molecular weight excluding hydrogens is 510 g/mol. The highest BCUT2D eigenvalue weighted by Gasteiger charge is 2.30. The van der Waals surface area contributed by atoms with Crippen LogP contribution < -0.4 is 33.2 Å². The Kier molecular flexibility index (Phi) is 13.5. The minimum atomic E-state index is -1.34. The third kappa shape index (κ3) is 12.1. The second-order valence-corrected chi connectivity index (χ2v) is 8.34. The molecule has 0 aromatic carbocycles. The summed E-state index contributed by atoms with van der Waals surface area (Å²) in [4.78, 5) is 71.2. The summed E-state index contributed by atoms with van der Waals surface area (Å²) in [6, 6.07) is -4.99. The molecule has 0 bridgehead atoms. The summed E-state index contributed by atoms with van der Waals surface area (Å²) < 4.78 is 0. The lowest BCUT2D eigenvalue weighted by Crippen LogP contribution is -2.58. The molecule has 1 rings (SSSR count). The Labute approximate surface area is 217 Å². The first-order valence-electron chi connectivity index (χ1n) is 11.2. The fourth-order valence-electron chi connectivity index (χ4n) is 3.02. The predicted molar refractivity (Wildman–Crippen MR) is 134 cm³/mol. The molecule has 0 saturated carbocycles. The first kappa shape index (κ1) is 31.2. The molecule has 0 saturated heterocycles. The highest BCUT2D eigenvalue weighted by atomic mass is 32.1. The summed E-state index contributed by atoms with van der Waals surface area (Å²) in [5.74, 6) is -5.26. The van der Waals surface area contributed by atoms with Crippen molar-refractivity contribution in [2.24, 2.45) is 22.2 Å². The van der Waals surface area contributed by atoms with E-state index in [-0.39, 0.29) is 37.5 Å². The van der Waals surface area contributed by atoms with E-state index in [1.165, 1.54) is 12.5 Å². The number of aliphatic carboxylic acids is 2. The van der Waals surface area contributed by atoms with Gasteiger partial charge >= 0.3 is 11.9 Å². The van der Waals surface area contributed by atoms with Gasteiger partial charge < -0.3 is 48.3 Å². The lowest BCUT2D eigenvalue weighted by molar-refractivity contribution is -0.141.